The van der Waals surface area contributed by atoms with E-state index < -0.39 is 8.32 Å². The molecule has 37 heavy (non-hydrogen) atoms. The number of carbonyl (C=O) groups excluding carboxylic acids is 1. The summed E-state index contributed by atoms with van der Waals surface area (Å²) in [5, 5.41) is 2.47. The maximum absolute atomic E-state index is 11.0. The Hall–Kier alpha value is -2.73. The number of carbonyl (C=O) groups is 1. The third-order valence-corrected chi connectivity index (χ3v) is 12.1. The Labute approximate surface area is 224 Å². The van der Waals surface area contributed by atoms with Crippen LogP contribution in [0, 0.1) is 5.92 Å². The van der Waals surface area contributed by atoms with Gasteiger partial charge in [-0.15, -0.1) is 0 Å². The number of unbranched alkanes of at least 4 members (excludes halogenated alkanes) is 1. The van der Waals surface area contributed by atoms with E-state index in [0.717, 1.165) is 30.4 Å². The Morgan fingerprint density at radius 1 is 0.865 bits per heavy atom. The normalized spacial score (nSPS) is 13.6. The van der Waals surface area contributed by atoms with Gasteiger partial charge in [-0.2, -0.15) is 0 Å². The number of benzene rings is 3. The van der Waals surface area contributed by atoms with Crippen molar-refractivity contribution in [2.45, 2.75) is 64.7 Å². The molecule has 0 N–H and O–H groups in total. The lowest BCUT2D eigenvalue weighted by molar-refractivity contribution is -0.108. The molecule has 0 aliphatic rings. The van der Waals surface area contributed by atoms with E-state index in [-0.39, 0.29) is 17.1 Å². The van der Waals surface area contributed by atoms with Gasteiger partial charge in [0.05, 0.1) is 19.8 Å². The smallest absolute Gasteiger partial charge is 0.261 e. The minimum absolute atomic E-state index is 0.0136. The second kappa shape index (κ2) is 13.7. The Kier molecular flexibility index (Phi) is 10.7. The topological polar surface area (TPSA) is 44.8 Å². The highest BCUT2D eigenvalue weighted by molar-refractivity contribution is 6.99. The van der Waals surface area contributed by atoms with Gasteiger partial charge < -0.3 is 18.7 Å². The molecule has 0 fully saturated rings. The zero-order valence-electron chi connectivity index (χ0n) is 23.0. The van der Waals surface area contributed by atoms with Crippen molar-refractivity contribution in [1.29, 1.82) is 0 Å². The van der Waals surface area contributed by atoms with E-state index in [1.54, 1.807) is 7.11 Å². The van der Waals surface area contributed by atoms with Crippen molar-refractivity contribution in [2.24, 2.45) is 5.92 Å². The maximum atomic E-state index is 11.0. The molecule has 3 aromatic carbocycles. The second-order valence-corrected chi connectivity index (χ2v) is 15.1. The van der Waals surface area contributed by atoms with Gasteiger partial charge in [-0.1, -0.05) is 100 Å². The van der Waals surface area contributed by atoms with Crippen LogP contribution < -0.4 is 15.1 Å². The average Bonchev–Trinajstić information content (AvgIpc) is 2.91. The Balaban J connectivity index is 1.84. The van der Waals surface area contributed by atoms with Gasteiger partial charge in [0, 0.05) is 18.9 Å². The third-order valence-electron chi connectivity index (χ3n) is 7.05. The number of hydrogen-bond donors (Lipinski definition) is 0. The van der Waals surface area contributed by atoms with Gasteiger partial charge >= 0.3 is 0 Å². The van der Waals surface area contributed by atoms with Crippen LogP contribution in [0.25, 0.3) is 0 Å². The molecule has 0 spiro atoms. The fourth-order valence-corrected chi connectivity index (χ4v) is 9.65. The summed E-state index contributed by atoms with van der Waals surface area (Å²) in [4.78, 5) is 11.0. The Morgan fingerprint density at radius 2 is 1.43 bits per heavy atom. The van der Waals surface area contributed by atoms with E-state index in [0.29, 0.717) is 19.6 Å². The second-order valence-electron chi connectivity index (χ2n) is 10.7. The van der Waals surface area contributed by atoms with E-state index in [1.165, 1.54) is 10.4 Å². The van der Waals surface area contributed by atoms with Gasteiger partial charge in [0.25, 0.3) is 8.32 Å². The maximum Gasteiger partial charge on any atom is 0.261 e. The molecule has 0 aromatic heterocycles. The van der Waals surface area contributed by atoms with E-state index in [2.05, 4.69) is 88.4 Å². The molecule has 0 heterocycles. The molecule has 5 heteroatoms. The van der Waals surface area contributed by atoms with Crippen molar-refractivity contribution in [1.82, 2.24) is 0 Å². The summed E-state index contributed by atoms with van der Waals surface area (Å²) in [5.74, 6) is 0.991. The van der Waals surface area contributed by atoms with Gasteiger partial charge in [-0.3, -0.25) is 0 Å². The molecule has 0 aliphatic heterocycles. The molecule has 198 valence electrons. The molecule has 0 bridgehead atoms. The van der Waals surface area contributed by atoms with Gasteiger partial charge in [0.1, 0.15) is 12.0 Å². The van der Waals surface area contributed by atoms with E-state index in [9.17, 15) is 4.79 Å². The molecular weight excluding hydrogens is 476 g/mol. The number of hydrogen-bond acceptors (Lipinski definition) is 4. The predicted octanol–water partition coefficient (Wildman–Crippen LogP) is 6.16. The first-order chi connectivity index (χ1) is 17.8. The van der Waals surface area contributed by atoms with Crippen molar-refractivity contribution in [3.8, 4) is 5.75 Å². The Bertz CT molecular complexity index is 1020. The highest BCUT2D eigenvalue weighted by atomic mass is 28.4. The summed E-state index contributed by atoms with van der Waals surface area (Å²) >= 11 is 0. The molecule has 0 aliphatic carbocycles. The number of rotatable bonds is 14. The van der Waals surface area contributed by atoms with Crippen molar-refractivity contribution < 1.29 is 18.7 Å². The van der Waals surface area contributed by atoms with Crippen LogP contribution >= 0.6 is 0 Å². The predicted molar refractivity (Wildman–Crippen MR) is 154 cm³/mol. The number of aldehydes is 1. The van der Waals surface area contributed by atoms with E-state index in [4.69, 9.17) is 13.9 Å². The molecule has 0 saturated carbocycles. The fraction of sp³-hybridized carbons (Fsp3) is 0.406. The monoisotopic (exact) mass is 518 g/mol. The summed E-state index contributed by atoms with van der Waals surface area (Å²) in [6, 6.07) is 29.4. The third kappa shape index (κ3) is 7.41. The van der Waals surface area contributed by atoms with Crippen molar-refractivity contribution in [3.05, 3.63) is 90.5 Å². The molecule has 3 aromatic rings. The zero-order chi connectivity index (χ0) is 26.7. The average molecular weight is 519 g/mol. The van der Waals surface area contributed by atoms with Gasteiger partial charge in [0.15, 0.2) is 0 Å². The lowest BCUT2D eigenvalue weighted by Gasteiger charge is -2.44. The lowest BCUT2D eigenvalue weighted by atomic mass is 10.00. The van der Waals surface area contributed by atoms with E-state index in [1.807, 2.05) is 24.3 Å². The summed E-state index contributed by atoms with van der Waals surface area (Å²) < 4.78 is 18.9. The lowest BCUT2D eigenvalue weighted by Crippen LogP contribution is -2.67. The Morgan fingerprint density at radius 3 is 1.92 bits per heavy atom. The molecule has 0 saturated heterocycles. The minimum Gasteiger partial charge on any atom is -0.497 e. The molecule has 2 atom stereocenters. The standard InChI is InChI=1S/C32H42O4Si/c1-26(31(18-12-13-23-33)35-25-27-19-21-28(34-5)22-20-27)24-36-37(32(2,3)4,29-14-8-6-9-15-29)30-16-10-7-11-17-30/h6-11,14-17,19-23,26,31H,12-13,18,24-25H2,1-5H3/t26-,31-/m0/s1. The van der Waals surface area contributed by atoms with Crippen LogP contribution in [-0.4, -0.2) is 34.4 Å². The van der Waals surface area contributed by atoms with Crippen LogP contribution in [0.15, 0.2) is 84.9 Å². The van der Waals surface area contributed by atoms with Crippen LogP contribution in [-0.2, 0) is 20.6 Å². The summed E-state index contributed by atoms with van der Waals surface area (Å²) in [6.45, 7) is 10.2. The zero-order valence-corrected chi connectivity index (χ0v) is 24.0. The largest absolute Gasteiger partial charge is 0.497 e. The van der Waals surface area contributed by atoms with Crippen LogP contribution in [0.5, 0.6) is 5.75 Å². The quantitative estimate of drug-likeness (QED) is 0.146. The molecule has 0 amide bonds. The van der Waals surface area contributed by atoms with Gasteiger partial charge in [-0.25, -0.2) is 0 Å². The van der Waals surface area contributed by atoms with Gasteiger partial charge in [0.2, 0.25) is 0 Å². The minimum atomic E-state index is -2.62. The van der Waals surface area contributed by atoms with Crippen LogP contribution in [0.3, 0.4) is 0 Å². The first-order valence-electron chi connectivity index (χ1n) is 13.2. The highest BCUT2D eigenvalue weighted by Crippen LogP contribution is 2.37. The SMILES string of the molecule is COc1ccc(CO[C@@H](CCCC=O)[C@@H](C)CO[Si](c2ccccc2)(c2ccccc2)C(C)(C)C)cc1. The fourth-order valence-electron chi connectivity index (χ4n) is 4.98. The first-order valence-corrected chi connectivity index (χ1v) is 15.2. The van der Waals surface area contributed by atoms with Crippen molar-refractivity contribution in [3.63, 3.8) is 0 Å². The molecule has 0 unspecified atom stereocenters. The molecule has 3 rings (SSSR count). The molecule has 4 nitrogen and oxygen atoms in total. The van der Waals surface area contributed by atoms with Crippen molar-refractivity contribution in [2.75, 3.05) is 13.7 Å². The van der Waals surface area contributed by atoms with Crippen LogP contribution in [0.4, 0.5) is 0 Å². The summed E-state index contributed by atoms with van der Waals surface area (Å²) in [7, 11) is -0.950. The van der Waals surface area contributed by atoms with Crippen LogP contribution in [0.2, 0.25) is 5.04 Å². The highest BCUT2D eigenvalue weighted by Gasteiger charge is 2.50. The number of ether oxygens (including phenoxy) is 2. The first kappa shape index (κ1) is 28.8. The number of methoxy groups -OCH3 is 1. The molecule has 0 radical (unpaired) electrons. The molecular formula is C32H42O4Si. The summed E-state index contributed by atoms with van der Waals surface area (Å²) in [6.07, 6.45) is 3.15. The van der Waals surface area contributed by atoms with E-state index >= 15 is 0 Å². The van der Waals surface area contributed by atoms with Crippen molar-refractivity contribution >= 4 is 25.0 Å². The summed E-state index contributed by atoms with van der Waals surface area (Å²) in [5.41, 5.74) is 1.10. The van der Waals surface area contributed by atoms with Gasteiger partial charge in [-0.05, 0) is 45.9 Å². The van der Waals surface area contributed by atoms with Crippen LogP contribution in [0.1, 0.15) is 52.5 Å².